The second kappa shape index (κ2) is 24.5. The van der Waals surface area contributed by atoms with Crippen molar-refractivity contribution in [3.8, 4) is 0 Å². The molecule has 0 aliphatic heterocycles. The maximum absolute atomic E-state index is 11.3. The molecule has 0 radical (unpaired) electrons. The van der Waals surface area contributed by atoms with Crippen LogP contribution < -0.4 is 55.7 Å². The van der Waals surface area contributed by atoms with E-state index < -0.39 is 48.5 Å². The molecule has 0 saturated carbocycles. The Morgan fingerprint density at radius 3 is 1.06 bits per heavy atom. The van der Waals surface area contributed by atoms with Gasteiger partial charge in [0.15, 0.2) is 0 Å². The normalized spacial score (nSPS) is 9.31. The first-order valence-electron chi connectivity index (χ1n) is 7.54. The number of rotatable bonds is 8. The molecule has 0 aromatic rings. The fourth-order valence-corrected chi connectivity index (χ4v) is 1.15. The number of carbonyl (C=O) groups is 4. The summed E-state index contributed by atoms with van der Waals surface area (Å²) in [6.07, 6.45) is -1.47. The molecular formula is C12H33N10O8W2-. The zero-order valence-electron chi connectivity index (χ0n) is 17.2. The third-order valence-electron chi connectivity index (χ3n) is 1.87. The van der Waals surface area contributed by atoms with Crippen LogP contribution in [0.15, 0.2) is 0 Å². The Hall–Kier alpha value is -1.14. The summed E-state index contributed by atoms with van der Waals surface area (Å²) in [7, 11) is 0. The summed E-state index contributed by atoms with van der Waals surface area (Å²) in [5.74, 6) is -3.67. The van der Waals surface area contributed by atoms with Crippen molar-refractivity contribution in [3.63, 3.8) is 0 Å². The summed E-state index contributed by atoms with van der Waals surface area (Å²) in [5.41, 5.74) is 27.7. The van der Waals surface area contributed by atoms with Crippen LogP contribution in [0.1, 0.15) is 12.8 Å². The van der Waals surface area contributed by atoms with Gasteiger partial charge in [-0.25, -0.2) is 0 Å². The van der Waals surface area contributed by atoms with Crippen molar-refractivity contribution in [2.75, 3.05) is 20.0 Å². The van der Waals surface area contributed by atoms with Gasteiger partial charge in [0, 0.05) is 48.8 Å². The van der Waals surface area contributed by atoms with E-state index >= 15 is 0 Å². The van der Waals surface area contributed by atoms with E-state index in [1.165, 1.54) is 0 Å². The molecule has 0 spiro atoms. The standard InChI is InChI=1S/C9H18N6O6.CH6N2O2.CH6N2.CH3.2W/c10-3-12-5(16)1-7(18)14-9(20,21)15-8(19)2-6(17)13-4-11;2-1(3,4)5;2-1-3;;;/h20-21H,1-4,10-11H2,(H,12,16)(H,13,17)(H,14,18)(H,15,19);4-5H,2-3H2;1-3H2;1H3;;/q;;;-1;;. The minimum Gasteiger partial charge on any atom is -0.358 e. The van der Waals surface area contributed by atoms with Gasteiger partial charge in [-0.3, -0.25) is 41.3 Å². The van der Waals surface area contributed by atoms with Crippen LogP contribution in [-0.4, -0.2) is 76.1 Å². The number of aliphatic hydroxyl groups is 4. The minimum atomic E-state index is -3.11. The molecule has 0 aliphatic rings. The van der Waals surface area contributed by atoms with E-state index in [0.717, 1.165) is 0 Å². The van der Waals surface area contributed by atoms with Crippen LogP contribution in [-0.2, 0) is 61.3 Å². The number of hydrogen-bond acceptors (Lipinski definition) is 14. The van der Waals surface area contributed by atoms with Crippen LogP contribution in [0, 0.1) is 7.43 Å². The Balaban J connectivity index is -0.000000132. The van der Waals surface area contributed by atoms with Crippen LogP contribution in [0.5, 0.6) is 0 Å². The summed E-state index contributed by atoms with van der Waals surface area (Å²) >= 11 is 0. The van der Waals surface area contributed by atoms with Gasteiger partial charge in [-0.05, 0) is 0 Å². The summed E-state index contributed by atoms with van der Waals surface area (Å²) in [6, 6.07) is -5.61. The zero-order chi connectivity index (χ0) is 23.7. The van der Waals surface area contributed by atoms with Crippen LogP contribution in [0.2, 0.25) is 0 Å². The maximum Gasteiger partial charge on any atom is 0.337 e. The van der Waals surface area contributed by atoms with E-state index in [4.69, 9.17) is 21.7 Å². The Labute approximate surface area is 213 Å². The van der Waals surface area contributed by atoms with Gasteiger partial charge in [0.1, 0.15) is 12.8 Å². The van der Waals surface area contributed by atoms with Crippen molar-refractivity contribution < 1.29 is 81.7 Å². The molecule has 20 N–H and O–H groups in total. The molecule has 0 rings (SSSR count). The number of hydrogen-bond donors (Lipinski definition) is 14. The molecule has 0 unspecified atom stereocenters. The fourth-order valence-electron chi connectivity index (χ4n) is 1.15. The molecule has 0 saturated heterocycles. The predicted molar refractivity (Wildman–Crippen MR) is 102 cm³/mol. The number of nitrogens with one attached hydrogen (secondary N) is 4. The van der Waals surface area contributed by atoms with Crippen molar-refractivity contribution in [1.82, 2.24) is 21.3 Å². The number of nitrogens with two attached hydrogens (primary N) is 6. The zero-order valence-corrected chi connectivity index (χ0v) is 23.1. The third-order valence-corrected chi connectivity index (χ3v) is 1.87. The SMILES string of the molecule is NC(N)(O)O.NCN.NCNC(=O)CC(=O)NC(O)(O)NC(=O)CC(=O)NCN.[CH3-].[W].[W]. The average molecular weight is 813 g/mol. The summed E-state index contributed by atoms with van der Waals surface area (Å²) < 4.78 is 0. The van der Waals surface area contributed by atoms with E-state index in [1.54, 1.807) is 10.6 Å². The summed E-state index contributed by atoms with van der Waals surface area (Å²) in [4.78, 5) is 44.6. The number of carbonyl (C=O) groups excluding carboxylic acids is 4. The van der Waals surface area contributed by atoms with Gasteiger partial charge in [-0.2, -0.15) is 0 Å². The largest absolute Gasteiger partial charge is 0.358 e. The Bertz CT molecular complexity index is 481. The van der Waals surface area contributed by atoms with E-state index in [0.29, 0.717) is 0 Å². The van der Waals surface area contributed by atoms with Gasteiger partial charge >= 0.3 is 6.03 Å². The minimum absolute atomic E-state index is 0. The van der Waals surface area contributed by atoms with E-state index in [1.807, 2.05) is 0 Å². The van der Waals surface area contributed by atoms with Crippen LogP contribution >= 0.6 is 0 Å². The summed E-state index contributed by atoms with van der Waals surface area (Å²) in [6.45, 7) is -0.134. The molecule has 0 aromatic carbocycles. The smallest absolute Gasteiger partial charge is 0.337 e. The number of amides is 4. The molecule has 0 fully saturated rings. The molecule has 0 heterocycles. The quantitative estimate of drug-likeness (QED) is 0.0615. The topological polar surface area (TPSA) is 353 Å². The van der Waals surface area contributed by atoms with Gasteiger partial charge in [-0.1, -0.05) is 0 Å². The molecule has 32 heavy (non-hydrogen) atoms. The molecule has 0 atom stereocenters. The van der Waals surface area contributed by atoms with Crippen LogP contribution in [0.3, 0.4) is 0 Å². The predicted octanol–water partition coefficient (Wildman–Crippen LogP) is -8.53. The molecule has 0 aliphatic carbocycles. The van der Waals surface area contributed by atoms with Crippen molar-refractivity contribution >= 4 is 23.6 Å². The molecule has 192 valence electrons. The Kier molecular flexibility index (Phi) is 34.1. The van der Waals surface area contributed by atoms with Gasteiger partial charge in [0.2, 0.25) is 23.6 Å². The molecule has 20 heteroatoms. The second-order valence-corrected chi connectivity index (χ2v) is 4.75. The van der Waals surface area contributed by atoms with E-state index in [2.05, 4.69) is 33.6 Å². The van der Waals surface area contributed by atoms with Gasteiger partial charge in [0.05, 0.1) is 13.3 Å². The first-order chi connectivity index (χ1) is 13.1. The third kappa shape index (κ3) is 42.9. The van der Waals surface area contributed by atoms with E-state index in [9.17, 15) is 29.4 Å². The first kappa shape index (κ1) is 44.5. The van der Waals surface area contributed by atoms with Gasteiger partial charge < -0.3 is 61.4 Å². The first-order valence-corrected chi connectivity index (χ1v) is 7.54. The fraction of sp³-hybridized carbons (Fsp3) is 0.583. The molecule has 18 nitrogen and oxygen atoms in total. The molecule has 0 bridgehead atoms. The van der Waals surface area contributed by atoms with Crippen molar-refractivity contribution in [1.29, 1.82) is 0 Å². The van der Waals surface area contributed by atoms with Crippen molar-refractivity contribution in [2.45, 2.75) is 24.9 Å². The van der Waals surface area contributed by atoms with Gasteiger partial charge in [0.25, 0.3) is 6.03 Å². The Morgan fingerprint density at radius 2 is 0.875 bits per heavy atom. The summed E-state index contributed by atoms with van der Waals surface area (Å²) in [5, 5.41) is 41.2. The molecule has 4 amide bonds. The Morgan fingerprint density at radius 1 is 0.656 bits per heavy atom. The molecule has 0 aromatic heterocycles. The monoisotopic (exact) mass is 813 g/mol. The molecular weight excluding hydrogens is 780 g/mol. The van der Waals surface area contributed by atoms with Crippen molar-refractivity contribution in [2.24, 2.45) is 34.4 Å². The van der Waals surface area contributed by atoms with Crippen molar-refractivity contribution in [3.05, 3.63) is 7.43 Å². The second-order valence-electron chi connectivity index (χ2n) is 4.75. The average Bonchev–Trinajstić information content (AvgIpc) is 2.44. The van der Waals surface area contributed by atoms with Gasteiger partial charge in [-0.15, -0.1) is 0 Å². The van der Waals surface area contributed by atoms with Crippen LogP contribution in [0.4, 0.5) is 0 Å². The van der Waals surface area contributed by atoms with E-state index in [-0.39, 0.29) is 69.6 Å². The maximum atomic E-state index is 11.3. The van der Waals surface area contributed by atoms with Crippen LogP contribution in [0.25, 0.3) is 0 Å².